The molecule has 106 valence electrons. The molecule has 2 aromatic rings. The Hall–Kier alpha value is -1.72. The average molecular weight is 312 g/mol. The number of nitrogens with one attached hydrogen (secondary N) is 1. The largest absolute Gasteiger partial charge is 0.508 e. The van der Waals surface area contributed by atoms with Crippen LogP contribution in [0.4, 0.5) is 5.69 Å². The first-order valence-electron chi connectivity index (χ1n) is 5.88. The predicted molar refractivity (Wildman–Crippen MR) is 79.8 cm³/mol. The van der Waals surface area contributed by atoms with Crippen molar-refractivity contribution in [3.8, 4) is 5.75 Å². The molecular weight excluding hydrogens is 298 g/mol. The van der Waals surface area contributed by atoms with E-state index in [0.29, 0.717) is 21.8 Å². The molecule has 0 spiro atoms. The summed E-state index contributed by atoms with van der Waals surface area (Å²) in [4.78, 5) is 0.139. The lowest BCUT2D eigenvalue weighted by Crippen LogP contribution is -2.13. The van der Waals surface area contributed by atoms with Crippen molar-refractivity contribution in [3.63, 3.8) is 0 Å². The first kappa shape index (κ1) is 14.7. The van der Waals surface area contributed by atoms with Crippen LogP contribution in [-0.2, 0) is 10.0 Å². The minimum atomic E-state index is -3.71. The fraction of sp³-hybridized carbons (Fsp3) is 0.143. The third-order valence-corrected chi connectivity index (χ3v) is 4.78. The van der Waals surface area contributed by atoms with Crippen LogP contribution in [0.1, 0.15) is 11.1 Å². The maximum absolute atomic E-state index is 12.3. The second-order valence-corrected chi connectivity index (χ2v) is 6.59. The number of benzene rings is 2. The Kier molecular flexibility index (Phi) is 3.92. The van der Waals surface area contributed by atoms with Gasteiger partial charge < -0.3 is 5.11 Å². The van der Waals surface area contributed by atoms with E-state index in [2.05, 4.69) is 4.72 Å². The average Bonchev–Trinajstić information content (AvgIpc) is 2.34. The molecule has 0 aromatic heterocycles. The highest BCUT2D eigenvalue weighted by Gasteiger charge is 2.16. The third-order valence-electron chi connectivity index (χ3n) is 2.82. The molecule has 0 radical (unpaired) electrons. The van der Waals surface area contributed by atoms with Crippen LogP contribution in [0.2, 0.25) is 5.02 Å². The van der Waals surface area contributed by atoms with E-state index in [-0.39, 0.29) is 10.6 Å². The molecule has 0 amide bonds. The van der Waals surface area contributed by atoms with Crippen LogP contribution in [0.15, 0.2) is 41.3 Å². The predicted octanol–water partition coefficient (Wildman–Crippen LogP) is 3.46. The van der Waals surface area contributed by atoms with Gasteiger partial charge in [-0.1, -0.05) is 17.7 Å². The number of phenols is 1. The maximum atomic E-state index is 12.3. The zero-order valence-electron chi connectivity index (χ0n) is 11.0. The minimum Gasteiger partial charge on any atom is -0.508 e. The van der Waals surface area contributed by atoms with Crippen LogP contribution in [0, 0.1) is 13.8 Å². The van der Waals surface area contributed by atoms with Gasteiger partial charge in [-0.05, 0) is 49.2 Å². The Bertz CT molecular complexity index is 734. The minimum absolute atomic E-state index is 0.00586. The van der Waals surface area contributed by atoms with Crippen LogP contribution >= 0.6 is 11.6 Å². The number of hydrogen-bond donors (Lipinski definition) is 2. The second-order valence-electron chi connectivity index (χ2n) is 4.53. The number of anilines is 1. The Labute approximate surface area is 123 Å². The highest BCUT2D eigenvalue weighted by molar-refractivity contribution is 7.92. The molecule has 0 saturated heterocycles. The van der Waals surface area contributed by atoms with Gasteiger partial charge in [0.15, 0.2) is 0 Å². The molecule has 2 rings (SSSR count). The van der Waals surface area contributed by atoms with Crippen molar-refractivity contribution in [2.24, 2.45) is 0 Å². The molecule has 0 heterocycles. The summed E-state index contributed by atoms with van der Waals surface area (Å²) in [5.74, 6) is -0.00586. The van der Waals surface area contributed by atoms with Crippen LogP contribution in [0.5, 0.6) is 5.75 Å². The summed E-state index contributed by atoms with van der Waals surface area (Å²) < 4.78 is 27.0. The lowest BCUT2D eigenvalue weighted by Gasteiger charge is -2.11. The monoisotopic (exact) mass is 311 g/mol. The summed E-state index contributed by atoms with van der Waals surface area (Å²) in [6.45, 7) is 3.51. The van der Waals surface area contributed by atoms with E-state index in [0.717, 1.165) is 0 Å². The number of rotatable bonds is 3. The molecule has 0 aliphatic rings. The van der Waals surface area contributed by atoms with Crippen molar-refractivity contribution < 1.29 is 13.5 Å². The maximum Gasteiger partial charge on any atom is 0.261 e. The number of aromatic hydroxyl groups is 1. The van der Waals surface area contributed by atoms with E-state index in [1.165, 1.54) is 24.3 Å². The number of sulfonamides is 1. The van der Waals surface area contributed by atoms with Crippen LogP contribution < -0.4 is 4.72 Å². The van der Waals surface area contributed by atoms with Gasteiger partial charge in [-0.25, -0.2) is 8.42 Å². The van der Waals surface area contributed by atoms with E-state index >= 15 is 0 Å². The molecule has 0 aliphatic carbocycles. The Morgan fingerprint density at radius 2 is 1.70 bits per heavy atom. The lowest BCUT2D eigenvalue weighted by molar-refractivity contribution is 0.475. The van der Waals surface area contributed by atoms with Crippen LogP contribution in [-0.4, -0.2) is 13.5 Å². The number of hydrogen-bond acceptors (Lipinski definition) is 3. The molecule has 4 nitrogen and oxygen atoms in total. The molecule has 0 atom stereocenters. The van der Waals surface area contributed by atoms with Crippen molar-refractivity contribution in [3.05, 3.63) is 52.5 Å². The molecule has 6 heteroatoms. The first-order chi connectivity index (χ1) is 9.29. The highest BCUT2D eigenvalue weighted by Crippen LogP contribution is 2.26. The van der Waals surface area contributed by atoms with E-state index in [9.17, 15) is 13.5 Å². The van der Waals surface area contributed by atoms with Gasteiger partial charge in [-0.15, -0.1) is 0 Å². The molecule has 0 unspecified atom stereocenters. The zero-order valence-corrected chi connectivity index (χ0v) is 12.6. The molecule has 0 bridgehead atoms. The van der Waals surface area contributed by atoms with E-state index in [1.54, 1.807) is 26.0 Å². The van der Waals surface area contributed by atoms with Gasteiger partial charge >= 0.3 is 0 Å². The fourth-order valence-electron chi connectivity index (χ4n) is 1.84. The summed E-state index contributed by atoms with van der Waals surface area (Å²) in [6.07, 6.45) is 0. The molecular formula is C14H14ClNO3S. The van der Waals surface area contributed by atoms with Gasteiger partial charge in [0.25, 0.3) is 10.0 Å². The number of aryl methyl sites for hydroxylation is 2. The molecule has 0 aliphatic heterocycles. The van der Waals surface area contributed by atoms with Crippen LogP contribution in [0.25, 0.3) is 0 Å². The molecule has 0 saturated carbocycles. The first-order valence-corrected chi connectivity index (χ1v) is 7.74. The van der Waals surface area contributed by atoms with Gasteiger partial charge in [0.2, 0.25) is 0 Å². The molecule has 0 fully saturated rings. The smallest absolute Gasteiger partial charge is 0.261 e. The second kappa shape index (κ2) is 5.34. The SMILES string of the molecule is Cc1cc(S(=O)(=O)Nc2cccc(O)c2)cc(C)c1Cl. The summed E-state index contributed by atoms with van der Waals surface area (Å²) in [6, 6.07) is 8.96. The Morgan fingerprint density at radius 3 is 2.25 bits per heavy atom. The summed E-state index contributed by atoms with van der Waals surface area (Å²) in [5, 5.41) is 9.91. The van der Waals surface area contributed by atoms with E-state index in [4.69, 9.17) is 11.6 Å². The third kappa shape index (κ3) is 3.05. The van der Waals surface area contributed by atoms with Crippen molar-refractivity contribution in [1.82, 2.24) is 0 Å². The van der Waals surface area contributed by atoms with Crippen molar-refractivity contribution in [2.45, 2.75) is 18.7 Å². The van der Waals surface area contributed by atoms with Gasteiger partial charge in [-0.3, -0.25) is 4.72 Å². The van der Waals surface area contributed by atoms with Gasteiger partial charge in [0.1, 0.15) is 5.75 Å². The van der Waals surface area contributed by atoms with Gasteiger partial charge in [0, 0.05) is 11.1 Å². The quantitative estimate of drug-likeness (QED) is 0.912. The molecule has 20 heavy (non-hydrogen) atoms. The van der Waals surface area contributed by atoms with Gasteiger partial charge in [0.05, 0.1) is 10.6 Å². The standard InChI is InChI=1S/C14H14ClNO3S/c1-9-6-13(7-10(2)14(9)15)20(18,19)16-11-4-3-5-12(17)8-11/h3-8,16-17H,1-2H3. The van der Waals surface area contributed by atoms with E-state index < -0.39 is 10.0 Å². The van der Waals surface area contributed by atoms with Crippen molar-refractivity contribution in [1.29, 1.82) is 0 Å². The number of phenolic OH excluding ortho intramolecular Hbond substituents is 1. The van der Waals surface area contributed by atoms with Crippen molar-refractivity contribution >= 4 is 27.3 Å². The molecule has 2 aromatic carbocycles. The topological polar surface area (TPSA) is 66.4 Å². The zero-order chi connectivity index (χ0) is 14.9. The molecule has 2 N–H and O–H groups in total. The van der Waals surface area contributed by atoms with E-state index in [1.807, 2.05) is 0 Å². The normalized spacial score (nSPS) is 11.3. The Morgan fingerprint density at radius 1 is 1.10 bits per heavy atom. The summed E-state index contributed by atoms with van der Waals surface area (Å²) in [5.41, 5.74) is 1.70. The van der Waals surface area contributed by atoms with Crippen molar-refractivity contribution in [2.75, 3.05) is 4.72 Å². The van der Waals surface area contributed by atoms with Crippen LogP contribution in [0.3, 0.4) is 0 Å². The summed E-state index contributed by atoms with van der Waals surface area (Å²) >= 11 is 6.03. The lowest BCUT2D eigenvalue weighted by atomic mass is 10.2. The Balaban J connectivity index is 2.41. The number of halogens is 1. The summed E-state index contributed by atoms with van der Waals surface area (Å²) in [7, 11) is -3.71. The highest BCUT2D eigenvalue weighted by atomic mass is 35.5. The van der Waals surface area contributed by atoms with Gasteiger partial charge in [-0.2, -0.15) is 0 Å². The fourth-order valence-corrected chi connectivity index (χ4v) is 3.17.